The third-order valence-corrected chi connectivity index (χ3v) is 3.83. The first-order valence-electron chi connectivity index (χ1n) is 7.78. The molecule has 3 aromatic rings. The molecule has 1 amide bonds. The summed E-state index contributed by atoms with van der Waals surface area (Å²) in [5, 5.41) is 16.7. The molecule has 0 fully saturated rings. The van der Waals surface area contributed by atoms with Gasteiger partial charge in [0.05, 0.1) is 5.69 Å². The normalized spacial score (nSPS) is 12.2. The molecule has 2 N–H and O–H groups in total. The minimum absolute atomic E-state index is 0.0250. The van der Waals surface area contributed by atoms with Gasteiger partial charge in [0, 0.05) is 43.4 Å². The largest absolute Gasteiger partial charge is 0.396 e. The summed E-state index contributed by atoms with van der Waals surface area (Å²) in [5.41, 5.74) is 2.50. The second-order valence-corrected chi connectivity index (χ2v) is 5.63. The van der Waals surface area contributed by atoms with E-state index in [1.54, 1.807) is 36.1 Å². The highest BCUT2D eigenvalue weighted by molar-refractivity contribution is 6.00. The Labute approximate surface area is 139 Å². The van der Waals surface area contributed by atoms with Gasteiger partial charge in [-0.2, -0.15) is 5.10 Å². The van der Waals surface area contributed by atoms with E-state index in [4.69, 9.17) is 0 Å². The van der Waals surface area contributed by atoms with Gasteiger partial charge in [-0.1, -0.05) is 6.07 Å². The highest BCUT2D eigenvalue weighted by Crippen LogP contribution is 2.13. The molecule has 3 heterocycles. The van der Waals surface area contributed by atoms with Gasteiger partial charge in [-0.25, -0.2) is 9.50 Å². The molecule has 1 unspecified atom stereocenters. The number of amides is 1. The highest BCUT2D eigenvalue weighted by Gasteiger charge is 2.19. The molecule has 0 aliphatic heterocycles. The first-order chi connectivity index (χ1) is 11.7. The number of carbonyl (C=O) groups excluding carboxylic acids is 1. The lowest BCUT2D eigenvalue weighted by Gasteiger charge is -2.14. The molecule has 3 aromatic heterocycles. The number of fused-ring (bicyclic) bond motifs is 1. The van der Waals surface area contributed by atoms with Crippen LogP contribution in [0.25, 0.3) is 5.65 Å². The Morgan fingerprint density at radius 1 is 1.29 bits per heavy atom. The SMILES string of the molecule is Cc1nn2cccnc2c1C(=O)NCC(CO)Cc1ccccn1. The van der Waals surface area contributed by atoms with Crippen molar-refractivity contribution >= 4 is 11.6 Å². The monoisotopic (exact) mass is 325 g/mol. The molecule has 0 aliphatic carbocycles. The number of nitrogens with one attached hydrogen (secondary N) is 1. The van der Waals surface area contributed by atoms with Gasteiger partial charge in [0.1, 0.15) is 5.56 Å². The molecule has 0 radical (unpaired) electrons. The summed E-state index contributed by atoms with van der Waals surface area (Å²) in [7, 11) is 0. The molecule has 3 rings (SSSR count). The average molecular weight is 325 g/mol. The molecule has 0 saturated carbocycles. The van der Waals surface area contributed by atoms with Crippen molar-refractivity contribution in [3.8, 4) is 0 Å². The minimum atomic E-state index is -0.235. The van der Waals surface area contributed by atoms with E-state index in [1.807, 2.05) is 18.2 Å². The van der Waals surface area contributed by atoms with E-state index in [0.717, 1.165) is 5.69 Å². The van der Waals surface area contributed by atoms with Crippen molar-refractivity contribution in [2.45, 2.75) is 13.3 Å². The van der Waals surface area contributed by atoms with Crippen molar-refractivity contribution in [3.05, 3.63) is 59.8 Å². The minimum Gasteiger partial charge on any atom is -0.396 e. The van der Waals surface area contributed by atoms with Crippen LogP contribution in [0.4, 0.5) is 0 Å². The van der Waals surface area contributed by atoms with Gasteiger partial charge in [-0.05, 0) is 31.5 Å². The molecular formula is C17H19N5O2. The van der Waals surface area contributed by atoms with Crippen LogP contribution in [0.1, 0.15) is 21.7 Å². The van der Waals surface area contributed by atoms with E-state index in [-0.39, 0.29) is 18.4 Å². The third-order valence-electron chi connectivity index (χ3n) is 3.83. The molecule has 7 nitrogen and oxygen atoms in total. The molecule has 0 aromatic carbocycles. The smallest absolute Gasteiger partial charge is 0.257 e. The standard InChI is InChI=1S/C17H19N5O2/c1-12-15(16-19-7-4-8-22(16)21-12)17(24)20-10-13(11-23)9-14-5-2-3-6-18-14/h2-8,13,23H,9-11H2,1H3,(H,20,24). The maximum Gasteiger partial charge on any atom is 0.257 e. The van der Waals surface area contributed by atoms with Crippen molar-refractivity contribution in [2.24, 2.45) is 5.92 Å². The summed E-state index contributed by atoms with van der Waals surface area (Å²) in [6.45, 7) is 2.11. The van der Waals surface area contributed by atoms with E-state index in [1.165, 1.54) is 0 Å². The van der Waals surface area contributed by atoms with Gasteiger partial charge in [-0.15, -0.1) is 0 Å². The van der Waals surface area contributed by atoms with Gasteiger partial charge in [0.15, 0.2) is 5.65 Å². The number of hydrogen-bond donors (Lipinski definition) is 2. The Hall–Kier alpha value is -2.80. The number of rotatable bonds is 6. The van der Waals surface area contributed by atoms with Crippen LogP contribution in [0, 0.1) is 12.8 Å². The van der Waals surface area contributed by atoms with E-state index in [9.17, 15) is 9.90 Å². The Bertz CT molecular complexity index is 831. The number of aryl methyl sites for hydroxylation is 1. The maximum absolute atomic E-state index is 12.5. The van der Waals surface area contributed by atoms with Crippen molar-refractivity contribution in [2.75, 3.05) is 13.2 Å². The quantitative estimate of drug-likeness (QED) is 0.706. The summed E-state index contributed by atoms with van der Waals surface area (Å²) in [6.07, 6.45) is 5.70. The van der Waals surface area contributed by atoms with Gasteiger partial charge in [0.25, 0.3) is 5.91 Å². The Morgan fingerprint density at radius 2 is 2.12 bits per heavy atom. The van der Waals surface area contributed by atoms with Crippen molar-refractivity contribution in [3.63, 3.8) is 0 Å². The fourth-order valence-electron chi connectivity index (χ4n) is 2.60. The Kier molecular flexibility index (Phi) is 4.81. The zero-order valence-electron chi connectivity index (χ0n) is 13.4. The molecule has 7 heteroatoms. The number of pyridine rings is 1. The Morgan fingerprint density at radius 3 is 2.88 bits per heavy atom. The fourth-order valence-corrected chi connectivity index (χ4v) is 2.60. The number of aromatic nitrogens is 4. The van der Waals surface area contributed by atoms with Gasteiger partial charge in [-0.3, -0.25) is 9.78 Å². The molecule has 0 aliphatic rings. The van der Waals surface area contributed by atoms with Crippen LogP contribution in [0.5, 0.6) is 0 Å². The van der Waals surface area contributed by atoms with Gasteiger partial charge >= 0.3 is 0 Å². The lowest BCUT2D eigenvalue weighted by Crippen LogP contribution is -2.32. The molecule has 1 atom stereocenters. The predicted octanol–water partition coefficient (Wildman–Crippen LogP) is 1.01. The van der Waals surface area contributed by atoms with Gasteiger partial charge < -0.3 is 10.4 Å². The highest BCUT2D eigenvalue weighted by atomic mass is 16.3. The zero-order valence-corrected chi connectivity index (χ0v) is 13.4. The third kappa shape index (κ3) is 3.41. The average Bonchev–Trinajstić information content (AvgIpc) is 2.95. The zero-order chi connectivity index (χ0) is 16.9. The second-order valence-electron chi connectivity index (χ2n) is 5.63. The molecule has 0 bridgehead atoms. The molecule has 124 valence electrons. The first-order valence-corrected chi connectivity index (χ1v) is 7.78. The van der Waals surface area contributed by atoms with Crippen LogP contribution in [0.2, 0.25) is 0 Å². The topological polar surface area (TPSA) is 92.4 Å². The summed E-state index contributed by atoms with van der Waals surface area (Å²) in [5.74, 6) is -0.334. The molecule has 0 spiro atoms. The summed E-state index contributed by atoms with van der Waals surface area (Å²) in [6, 6.07) is 7.42. The van der Waals surface area contributed by atoms with Crippen LogP contribution in [-0.4, -0.2) is 43.7 Å². The second kappa shape index (κ2) is 7.18. The van der Waals surface area contributed by atoms with Crippen molar-refractivity contribution in [1.82, 2.24) is 24.9 Å². The van der Waals surface area contributed by atoms with Crippen LogP contribution < -0.4 is 5.32 Å². The predicted molar refractivity (Wildman–Crippen MR) is 88.6 cm³/mol. The van der Waals surface area contributed by atoms with E-state index in [0.29, 0.717) is 29.9 Å². The van der Waals surface area contributed by atoms with Crippen LogP contribution >= 0.6 is 0 Å². The lowest BCUT2D eigenvalue weighted by atomic mass is 10.0. The maximum atomic E-state index is 12.5. The summed E-state index contributed by atoms with van der Waals surface area (Å²) < 4.78 is 1.58. The van der Waals surface area contributed by atoms with Crippen LogP contribution in [0.15, 0.2) is 42.9 Å². The molecule has 0 saturated heterocycles. The van der Waals surface area contributed by atoms with Crippen LogP contribution in [0.3, 0.4) is 0 Å². The van der Waals surface area contributed by atoms with Crippen molar-refractivity contribution < 1.29 is 9.90 Å². The molecular weight excluding hydrogens is 306 g/mol. The summed E-state index contributed by atoms with van der Waals surface area (Å²) >= 11 is 0. The number of hydrogen-bond acceptors (Lipinski definition) is 5. The Balaban J connectivity index is 1.68. The number of carbonyl (C=O) groups is 1. The fraction of sp³-hybridized carbons (Fsp3) is 0.294. The number of aliphatic hydroxyl groups is 1. The van der Waals surface area contributed by atoms with Crippen LogP contribution in [-0.2, 0) is 6.42 Å². The van der Waals surface area contributed by atoms with E-state index < -0.39 is 0 Å². The number of aliphatic hydroxyl groups excluding tert-OH is 1. The van der Waals surface area contributed by atoms with E-state index in [2.05, 4.69) is 20.4 Å². The number of nitrogens with zero attached hydrogens (tertiary/aromatic N) is 4. The van der Waals surface area contributed by atoms with E-state index >= 15 is 0 Å². The lowest BCUT2D eigenvalue weighted by molar-refractivity contribution is 0.0940. The molecule has 24 heavy (non-hydrogen) atoms. The van der Waals surface area contributed by atoms with Crippen molar-refractivity contribution in [1.29, 1.82) is 0 Å². The first kappa shape index (κ1) is 16.1. The van der Waals surface area contributed by atoms with Gasteiger partial charge in [0.2, 0.25) is 0 Å². The summed E-state index contributed by atoms with van der Waals surface area (Å²) in [4.78, 5) is 21.0.